The molecule has 1 rings (SSSR count). The Morgan fingerprint density at radius 1 is 1.45 bits per heavy atom. The van der Waals surface area contributed by atoms with Crippen LogP contribution in [-0.4, -0.2) is 45.5 Å². The molecule has 0 aromatic carbocycles. The average Bonchev–Trinajstić information content (AvgIpc) is 2.77. The predicted octanol–water partition coefficient (Wildman–Crippen LogP) is 0.821. The van der Waals surface area contributed by atoms with Crippen LogP contribution in [0.25, 0.3) is 0 Å². The molecule has 0 saturated heterocycles. The van der Waals surface area contributed by atoms with Gasteiger partial charge in [0.1, 0.15) is 4.21 Å². The van der Waals surface area contributed by atoms with Gasteiger partial charge in [-0.15, -0.1) is 11.3 Å². The van der Waals surface area contributed by atoms with Crippen molar-refractivity contribution in [3.8, 4) is 0 Å². The van der Waals surface area contributed by atoms with Gasteiger partial charge < -0.3 is 9.64 Å². The maximum atomic E-state index is 12.2. The largest absolute Gasteiger partial charge is 0.383 e. The molecule has 8 heteroatoms. The predicted molar refractivity (Wildman–Crippen MR) is 78.1 cm³/mol. The van der Waals surface area contributed by atoms with Gasteiger partial charge in [0.05, 0.1) is 13.0 Å². The number of rotatable bonds is 7. The molecule has 0 aliphatic rings. The summed E-state index contributed by atoms with van der Waals surface area (Å²) in [6, 6.07) is 3.12. The highest BCUT2D eigenvalue weighted by atomic mass is 32.2. The van der Waals surface area contributed by atoms with Gasteiger partial charge in [0.15, 0.2) is 0 Å². The van der Waals surface area contributed by atoms with Crippen LogP contribution in [0.1, 0.15) is 18.7 Å². The molecule has 114 valence electrons. The Balaban J connectivity index is 2.75. The van der Waals surface area contributed by atoms with Crippen molar-refractivity contribution in [3.63, 3.8) is 0 Å². The molecule has 6 nitrogen and oxygen atoms in total. The van der Waals surface area contributed by atoms with Crippen LogP contribution in [0.4, 0.5) is 0 Å². The zero-order valence-electron chi connectivity index (χ0n) is 11.8. The van der Waals surface area contributed by atoms with Crippen LogP contribution in [0.15, 0.2) is 16.3 Å². The summed E-state index contributed by atoms with van der Waals surface area (Å²) in [5.41, 5.74) is 0. The number of amides is 1. The molecular weight excluding hydrogens is 300 g/mol. The fourth-order valence-electron chi connectivity index (χ4n) is 1.72. The summed E-state index contributed by atoms with van der Waals surface area (Å²) >= 11 is 1.03. The van der Waals surface area contributed by atoms with Crippen molar-refractivity contribution in [2.45, 2.75) is 30.5 Å². The summed E-state index contributed by atoms with van der Waals surface area (Å²) in [5.74, 6) is -0.0557. The van der Waals surface area contributed by atoms with Crippen LogP contribution in [-0.2, 0) is 26.0 Å². The van der Waals surface area contributed by atoms with Crippen molar-refractivity contribution in [1.29, 1.82) is 0 Å². The van der Waals surface area contributed by atoms with E-state index in [-0.39, 0.29) is 22.6 Å². The summed E-state index contributed by atoms with van der Waals surface area (Å²) in [6.45, 7) is 4.84. The first-order valence-corrected chi connectivity index (χ1v) is 8.52. The Hall–Kier alpha value is -0.960. The molecule has 0 spiro atoms. The first-order valence-electron chi connectivity index (χ1n) is 6.15. The zero-order valence-corrected chi connectivity index (χ0v) is 13.5. The summed E-state index contributed by atoms with van der Waals surface area (Å²) in [5, 5.41) is 5.05. The lowest BCUT2D eigenvalue weighted by atomic mass is 10.2. The van der Waals surface area contributed by atoms with Gasteiger partial charge >= 0.3 is 0 Å². The third-order valence-electron chi connectivity index (χ3n) is 2.72. The van der Waals surface area contributed by atoms with E-state index in [2.05, 4.69) is 0 Å². The monoisotopic (exact) mass is 320 g/mol. The minimum absolute atomic E-state index is 0.0557. The molecule has 0 aliphatic heterocycles. The van der Waals surface area contributed by atoms with Gasteiger partial charge in [0, 0.05) is 24.6 Å². The van der Waals surface area contributed by atoms with Crippen LogP contribution >= 0.6 is 11.3 Å². The number of thiophene rings is 1. The molecule has 0 fully saturated rings. The van der Waals surface area contributed by atoms with E-state index < -0.39 is 10.0 Å². The highest BCUT2D eigenvalue weighted by Gasteiger charge is 2.19. The van der Waals surface area contributed by atoms with E-state index in [4.69, 9.17) is 9.88 Å². The van der Waals surface area contributed by atoms with Crippen LogP contribution in [0.2, 0.25) is 0 Å². The number of nitrogens with zero attached hydrogens (tertiary/aromatic N) is 1. The van der Waals surface area contributed by atoms with Gasteiger partial charge in [0.2, 0.25) is 15.9 Å². The molecule has 1 amide bonds. The van der Waals surface area contributed by atoms with Crippen LogP contribution in [0.3, 0.4) is 0 Å². The molecule has 0 unspecified atom stereocenters. The fraction of sp³-hybridized carbons (Fsp3) is 0.583. The van der Waals surface area contributed by atoms with E-state index in [1.807, 2.05) is 13.8 Å². The highest BCUT2D eigenvalue weighted by Crippen LogP contribution is 2.21. The SMILES string of the molecule is COCCN(C(=O)Cc1ccc(S(N)(=O)=O)s1)C(C)C. The van der Waals surface area contributed by atoms with Gasteiger partial charge in [0.25, 0.3) is 0 Å². The number of nitrogens with two attached hydrogens (primary N) is 1. The van der Waals surface area contributed by atoms with E-state index in [9.17, 15) is 13.2 Å². The average molecular weight is 320 g/mol. The number of carbonyl (C=O) groups is 1. The minimum atomic E-state index is -3.69. The van der Waals surface area contributed by atoms with Crippen molar-refractivity contribution in [2.75, 3.05) is 20.3 Å². The van der Waals surface area contributed by atoms with Gasteiger partial charge in [-0.2, -0.15) is 0 Å². The second kappa shape index (κ2) is 7.16. The molecule has 1 heterocycles. The highest BCUT2D eigenvalue weighted by molar-refractivity contribution is 7.91. The lowest BCUT2D eigenvalue weighted by molar-refractivity contribution is -0.132. The molecule has 0 bridgehead atoms. The summed E-state index contributed by atoms with van der Waals surface area (Å²) in [6.07, 6.45) is 0.169. The zero-order chi connectivity index (χ0) is 15.3. The molecule has 0 aliphatic carbocycles. The van der Waals surface area contributed by atoms with Gasteiger partial charge in [-0.05, 0) is 26.0 Å². The van der Waals surface area contributed by atoms with Gasteiger partial charge in [-0.25, -0.2) is 13.6 Å². The maximum absolute atomic E-state index is 12.2. The Labute approximate surface area is 123 Å². The molecule has 2 N–H and O–H groups in total. The van der Waals surface area contributed by atoms with Crippen LogP contribution < -0.4 is 5.14 Å². The van der Waals surface area contributed by atoms with Crippen molar-refractivity contribution >= 4 is 27.3 Å². The molecule has 0 saturated carbocycles. The number of hydrogen-bond acceptors (Lipinski definition) is 5. The van der Waals surface area contributed by atoms with E-state index in [0.29, 0.717) is 18.0 Å². The fourth-order valence-corrected chi connectivity index (χ4v) is 3.49. The number of carbonyl (C=O) groups excluding carboxylic acids is 1. The molecular formula is C12H20N2O4S2. The third-order valence-corrected chi connectivity index (χ3v) is 5.25. The quantitative estimate of drug-likeness (QED) is 0.805. The third kappa shape index (κ3) is 4.86. The second-order valence-electron chi connectivity index (χ2n) is 4.62. The number of primary sulfonamides is 1. The number of sulfonamides is 1. The van der Waals surface area contributed by atoms with E-state index in [1.165, 1.54) is 6.07 Å². The summed E-state index contributed by atoms with van der Waals surface area (Å²) in [4.78, 5) is 14.6. The second-order valence-corrected chi connectivity index (χ2v) is 7.57. The Bertz CT molecular complexity index is 552. The Morgan fingerprint density at radius 3 is 2.55 bits per heavy atom. The van der Waals surface area contributed by atoms with Crippen molar-refractivity contribution in [2.24, 2.45) is 5.14 Å². The van der Waals surface area contributed by atoms with Crippen LogP contribution in [0, 0.1) is 0 Å². The Kier molecular flexibility index (Phi) is 6.12. The van der Waals surface area contributed by atoms with E-state index >= 15 is 0 Å². The van der Waals surface area contributed by atoms with Gasteiger partial charge in [-0.3, -0.25) is 4.79 Å². The molecule has 1 aromatic heterocycles. The van der Waals surface area contributed by atoms with Crippen molar-refractivity contribution < 1.29 is 17.9 Å². The molecule has 1 aromatic rings. The van der Waals surface area contributed by atoms with E-state index in [0.717, 1.165) is 11.3 Å². The van der Waals surface area contributed by atoms with E-state index in [1.54, 1.807) is 18.1 Å². The number of methoxy groups -OCH3 is 1. The summed E-state index contributed by atoms with van der Waals surface area (Å²) < 4.78 is 27.4. The topological polar surface area (TPSA) is 89.7 Å². The van der Waals surface area contributed by atoms with Crippen LogP contribution in [0.5, 0.6) is 0 Å². The number of ether oxygens (including phenoxy) is 1. The van der Waals surface area contributed by atoms with Crippen molar-refractivity contribution in [3.05, 3.63) is 17.0 Å². The first kappa shape index (κ1) is 17.1. The standard InChI is InChI=1S/C12H20N2O4S2/c1-9(2)14(6-7-18-3)11(15)8-10-4-5-12(19-10)20(13,16)17/h4-5,9H,6-8H2,1-3H3,(H2,13,16,17). The molecule has 0 atom stereocenters. The number of hydrogen-bond donors (Lipinski definition) is 1. The normalized spacial score (nSPS) is 11.8. The summed E-state index contributed by atoms with van der Waals surface area (Å²) in [7, 11) is -2.11. The first-order chi connectivity index (χ1) is 9.25. The maximum Gasteiger partial charge on any atom is 0.247 e. The molecule has 20 heavy (non-hydrogen) atoms. The minimum Gasteiger partial charge on any atom is -0.383 e. The smallest absolute Gasteiger partial charge is 0.247 e. The van der Waals surface area contributed by atoms with Crippen molar-refractivity contribution in [1.82, 2.24) is 4.90 Å². The molecule has 0 radical (unpaired) electrons. The lowest BCUT2D eigenvalue weighted by Crippen LogP contribution is -2.40. The lowest BCUT2D eigenvalue weighted by Gasteiger charge is -2.26. The van der Waals surface area contributed by atoms with Gasteiger partial charge in [-0.1, -0.05) is 0 Å². The Morgan fingerprint density at radius 2 is 2.10 bits per heavy atom.